The lowest BCUT2D eigenvalue weighted by Gasteiger charge is -2.37. The number of aliphatic hydroxyl groups is 3. The summed E-state index contributed by atoms with van der Waals surface area (Å²) in [5.74, 6) is -3.22. The number of hydrogen-bond acceptors (Lipinski definition) is 9. The number of hydrogen-bond donors (Lipinski definition) is 4. The largest absolute Gasteiger partial charge is 0.462 e. The van der Waals surface area contributed by atoms with Crippen molar-refractivity contribution in [3.8, 4) is 0 Å². The second-order valence-electron chi connectivity index (χ2n) is 13.0. The van der Waals surface area contributed by atoms with Crippen LogP contribution in [-0.2, 0) is 23.8 Å². The van der Waals surface area contributed by atoms with Crippen LogP contribution in [0.2, 0.25) is 0 Å². The van der Waals surface area contributed by atoms with Gasteiger partial charge in [-0.15, -0.1) is 0 Å². The SMILES string of the molecule is C=C/C=C\C(C)C(OC(N)=O)[C@@H](C)[C@H](O)C(C)C/C(C)=C\C(C)[C@@H](O)[C@@H](C)/C=C\C(C[C@@H]1OC(=O)[C@H](C)[C@@H](O)[C@H]1C)OC(C)=O. The molecule has 5 N–H and O–H groups in total. The van der Waals surface area contributed by atoms with Gasteiger partial charge in [0.2, 0.25) is 0 Å². The molecule has 0 aromatic heterocycles. The summed E-state index contributed by atoms with van der Waals surface area (Å²) >= 11 is 0. The quantitative estimate of drug-likeness (QED) is 0.0755. The minimum Gasteiger partial charge on any atom is -0.462 e. The molecule has 1 fully saturated rings. The van der Waals surface area contributed by atoms with E-state index in [1.807, 2.05) is 53.7 Å². The average Bonchev–Trinajstić information content (AvgIpc) is 2.96. The third-order valence-electron chi connectivity index (χ3n) is 8.92. The van der Waals surface area contributed by atoms with Crippen LogP contribution in [-0.4, -0.2) is 70.0 Å². The third-order valence-corrected chi connectivity index (χ3v) is 8.92. The molecule has 1 heterocycles. The van der Waals surface area contributed by atoms with E-state index in [0.717, 1.165) is 5.57 Å². The predicted molar refractivity (Wildman–Crippen MR) is 174 cm³/mol. The van der Waals surface area contributed by atoms with Gasteiger partial charge < -0.3 is 35.3 Å². The number of nitrogens with two attached hydrogens (primary N) is 1. The maximum Gasteiger partial charge on any atom is 0.404 e. The maximum absolute atomic E-state index is 12.2. The van der Waals surface area contributed by atoms with Crippen molar-refractivity contribution < 1.29 is 43.9 Å². The number of carbonyl (C=O) groups excluding carboxylic acids is 3. The Balaban J connectivity index is 2.91. The first-order valence-corrected chi connectivity index (χ1v) is 15.9. The molecule has 0 saturated carbocycles. The Kier molecular flexibility index (Phi) is 16.8. The predicted octanol–water partition coefficient (Wildman–Crippen LogP) is 4.87. The van der Waals surface area contributed by atoms with Gasteiger partial charge in [0.15, 0.2) is 0 Å². The van der Waals surface area contributed by atoms with Crippen LogP contribution in [0, 0.1) is 41.4 Å². The van der Waals surface area contributed by atoms with E-state index in [-0.39, 0.29) is 36.0 Å². The molecule has 0 bridgehead atoms. The summed E-state index contributed by atoms with van der Waals surface area (Å²) in [4.78, 5) is 35.5. The fourth-order valence-corrected chi connectivity index (χ4v) is 6.09. The Morgan fingerprint density at radius 3 is 2.16 bits per heavy atom. The average molecular weight is 636 g/mol. The standard InChI is InChI=1S/C35H57NO9/c1-11-12-13-21(4)33(45-35(36)42)25(8)31(39)23(6)17-19(2)16-22(5)30(38)20(3)14-15-28(43-27(10)37)18-29-24(7)32(40)26(9)34(41)44-29/h11-16,20-26,28-33,38-40H,1,17-18H2,2-10H3,(H2,36,42)/b13-12-,15-14-,19-16-/t20-,21?,22?,23?,24-,25-,26+,28?,29-,30-,31+,32-,33?/m0/s1. The van der Waals surface area contributed by atoms with Gasteiger partial charge in [-0.3, -0.25) is 9.59 Å². The first-order valence-electron chi connectivity index (χ1n) is 15.9. The second kappa shape index (κ2) is 18.9. The van der Waals surface area contributed by atoms with E-state index >= 15 is 0 Å². The monoisotopic (exact) mass is 635 g/mol. The highest BCUT2D eigenvalue weighted by molar-refractivity contribution is 5.74. The Morgan fingerprint density at radius 2 is 1.60 bits per heavy atom. The zero-order valence-electron chi connectivity index (χ0n) is 28.5. The van der Waals surface area contributed by atoms with Gasteiger partial charge in [-0.05, 0) is 32.3 Å². The molecule has 5 unspecified atom stereocenters. The number of cyclic esters (lactones) is 1. The number of carbonyl (C=O) groups is 3. The van der Waals surface area contributed by atoms with Gasteiger partial charge in [0, 0.05) is 42.9 Å². The molecule has 45 heavy (non-hydrogen) atoms. The maximum atomic E-state index is 12.2. The van der Waals surface area contributed by atoms with Crippen LogP contribution in [0.5, 0.6) is 0 Å². The molecular weight excluding hydrogens is 578 g/mol. The van der Waals surface area contributed by atoms with Gasteiger partial charge in [-0.25, -0.2) is 4.79 Å². The second-order valence-corrected chi connectivity index (χ2v) is 13.0. The number of amides is 1. The summed E-state index contributed by atoms with van der Waals surface area (Å²) < 4.78 is 16.3. The smallest absolute Gasteiger partial charge is 0.404 e. The van der Waals surface area contributed by atoms with E-state index in [2.05, 4.69) is 6.58 Å². The van der Waals surface area contributed by atoms with Crippen LogP contribution >= 0.6 is 0 Å². The number of esters is 2. The van der Waals surface area contributed by atoms with Crippen molar-refractivity contribution in [1.29, 1.82) is 0 Å². The summed E-state index contributed by atoms with van der Waals surface area (Å²) in [6.07, 6.45) is 6.21. The molecule has 0 spiro atoms. The minimum absolute atomic E-state index is 0.172. The highest BCUT2D eigenvalue weighted by Crippen LogP contribution is 2.31. The van der Waals surface area contributed by atoms with Crippen molar-refractivity contribution in [1.82, 2.24) is 0 Å². The molecular formula is C35H57NO9. The Morgan fingerprint density at radius 1 is 0.978 bits per heavy atom. The molecule has 10 nitrogen and oxygen atoms in total. The van der Waals surface area contributed by atoms with Crippen molar-refractivity contribution in [3.63, 3.8) is 0 Å². The van der Waals surface area contributed by atoms with Gasteiger partial charge in [0.05, 0.1) is 24.2 Å². The molecule has 1 aliphatic heterocycles. The highest BCUT2D eigenvalue weighted by Gasteiger charge is 2.41. The van der Waals surface area contributed by atoms with E-state index in [1.165, 1.54) is 6.92 Å². The normalized spacial score (nSPS) is 27.0. The number of allylic oxidation sites excluding steroid dienone is 3. The molecule has 0 aromatic carbocycles. The summed E-state index contributed by atoms with van der Waals surface area (Å²) in [5.41, 5.74) is 6.30. The first kappa shape index (κ1) is 40.1. The molecule has 10 heteroatoms. The molecule has 1 rings (SSSR count). The summed E-state index contributed by atoms with van der Waals surface area (Å²) in [5, 5.41) is 32.6. The van der Waals surface area contributed by atoms with Crippen LogP contribution in [0.25, 0.3) is 0 Å². The Bertz CT molecular complexity index is 1070. The fraction of sp³-hybridized carbons (Fsp3) is 0.686. The molecule has 0 aliphatic carbocycles. The molecule has 1 aliphatic rings. The van der Waals surface area contributed by atoms with Gasteiger partial charge in [0.25, 0.3) is 0 Å². The lowest BCUT2D eigenvalue weighted by molar-refractivity contribution is -0.180. The third kappa shape index (κ3) is 12.8. The van der Waals surface area contributed by atoms with Gasteiger partial charge in [-0.1, -0.05) is 84.1 Å². The van der Waals surface area contributed by atoms with Crippen LogP contribution < -0.4 is 5.73 Å². The molecule has 0 radical (unpaired) electrons. The number of ether oxygens (including phenoxy) is 3. The number of rotatable bonds is 17. The van der Waals surface area contributed by atoms with Gasteiger partial charge in [-0.2, -0.15) is 0 Å². The number of aliphatic hydroxyl groups excluding tert-OH is 3. The number of primary amides is 1. The Labute approximate surface area is 269 Å². The van der Waals surface area contributed by atoms with Crippen molar-refractivity contribution in [2.75, 3.05) is 0 Å². The van der Waals surface area contributed by atoms with E-state index in [4.69, 9.17) is 19.9 Å². The minimum atomic E-state index is -0.896. The topological polar surface area (TPSA) is 166 Å². The van der Waals surface area contributed by atoms with E-state index in [0.29, 0.717) is 6.42 Å². The lowest BCUT2D eigenvalue weighted by Crippen LogP contribution is -2.47. The van der Waals surface area contributed by atoms with Gasteiger partial charge in [0.1, 0.15) is 18.3 Å². The first-order chi connectivity index (χ1) is 20.9. The molecule has 1 amide bonds. The molecule has 13 atom stereocenters. The molecule has 256 valence electrons. The zero-order valence-corrected chi connectivity index (χ0v) is 28.5. The van der Waals surface area contributed by atoms with E-state index in [9.17, 15) is 29.7 Å². The summed E-state index contributed by atoms with van der Waals surface area (Å²) in [7, 11) is 0. The van der Waals surface area contributed by atoms with Crippen LogP contribution in [0.15, 0.2) is 48.6 Å². The lowest BCUT2D eigenvalue weighted by atomic mass is 9.81. The summed E-state index contributed by atoms with van der Waals surface area (Å²) in [6, 6.07) is 0. The Hall–Kier alpha value is -2.95. The van der Waals surface area contributed by atoms with E-state index in [1.54, 1.807) is 38.2 Å². The fourth-order valence-electron chi connectivity index (χ4n) is 6.09. The van der Waals surface area contributed by atoms with Crippen LogP contribution in [0.1, 0.15) is 75.2 Å². The van der Waals surface area contributed by atoms with Crippen LogP contribution in [0.4, 0.5) is 4.79 Å². The van der Waals surface area contributed by atoms with Crippen molar-refractivity contribution in [2.45, 2.75) is 112 Å². The highest BCUT2D eigenvalue weighted by atomic mass is 16.6. The molecule has 1 saturated heterocycles. The van der Waals surface area contributed by atoms with Crippen LogP contribution in [0.3, 0.4) is 0 Å². The zero-order chi connectivity index (χ0) is 34.6. The van der Waals surface area contributed by atoms with Crippen molar-refractivity contribution >= 4 is 18.0 Å². The van der Waals surface area contributed by atoms with E-state index < -0.39 is 66.5 Å². The van der Waals surface area contributed by atoms with Crippen molar-refractivity contribution in [3.05, 3.63) is 48.6 Å². The summed E-state index contributed by atoms with van der Waals surface area (Å²) in [6.45, 7) is 19.7. The molecule has 0 aromatic rings. The van der Waals surface area contributed by atoms with Crippen molar-refractivity contribution in [2.24, 2.45) is 47.2 Å². The van der Waals surface area contributed by atoms with Gasteiger partial charge >= 0.3 is 18.0 Å².